The lowest BCUT2D eigenvalue weighted by Gasteiger charge is -2.33. The molecule has 3 unspecified atom stereocenters. The van der Waals surface area contributed by atoms with Crippen molar-refractivity contribution in [2.75, 3.05) is 13.7 Å². The van der Waals surface area contributed by atoms with Crippen LogP contribution in [0.2, 0.25) is 0 Å². The number of aliphatic hydroxyl groups excluding tert-OH is 1. The molecule has 3 atom stereocenters. The van der Waals surface area contributed by atoms with Crippen LogP contribution in [0.1, 0.15) is 12.0 Å². The van der Waals surface area contributed by atoms with E-state index < -0.39 is 6.29 Å². The maximum Gasteiger partial charge on any atom is 0.337 e. The molecule has 122 valence electrons. The van der Waals surface area contributed by atoms with Crippen LogP contribution >= 0.6 is 0 Å². The van der Waals surface area contributed by atoms with Crippen molar-refractivity contribution >= 4 is 5.97 Å². The molecular weight excluding hydrogens is 296 g/mol. The quantitative estimate of drug-likeness (QED) is 0.666. The number of rotatable bonds is 5. The first-order chi connectivity index (χ1) is 11.2. The number of carbonyl (C=O) groups is 1. The van der Waals surface area contributed by atoms with E-state index in [0.717, 1.165) is 11.1 Å². The van der Waals surface area contributed by atoms with Crippen molar-refractivity contribution in [1.29, 1.82) is 0 Å². The molecule has 0 saturated heterocycles. The van der Waals surface area contributed by atoms with Crippen molar-refractivity contribution in [1.82, 2.24) is 0 Å². The van der Waals surface area contributed by atoms with Crippen LogP contribution in [0.4, 0.5) is 0 Å². The van der Waals surface area contributed by atoms with E-state index in [-0.39, 0.29) is 31.0 Å². The fourth-order valence-corrected chi connectivity index (χ4v) is 3.19. The van der Waals surface area contributed by atoms with Gasteiger partial charge in [0, 0.05) is 13.0 Å². The first kappa shape index (κ1) is 15.8. The number of carbonyl (C=O) groups excluding carboxylic acids is 1. The van der Waals surface area contributed by atoms with Gasteiger partial charge in [0.25, 0.3) is 0 Å². The van der Waals surface area contributed by atoms with Gasteiger partial charge in [-0.15, -0.1) is 0 Å². The molecule has 0 aromatic heterocycles. The van der Waals surface area contributed by atoms with Crippen molar-refractivity contribution in [2.24, 2.45) is 11.8 Å². The van der Waals surface area contributed by atoms with E-state index in [1.54, 1.807) is 7.11 Å². The van der Waals surface area contributed by atoms with Gasteiger partial charge in [0.15, 0.2) is 0 Å². The molecule has 0 spiro atoms. The van der Waals surface area contributed by atoms with Crippen LogP contribution in [0.5, 0.6) is 0 Å². The largest absolute Gasteiger partial charge is 0.471 e. The SMILES string of the molecule is COC1OC=C(C(=O)OCc2ccccc2)C2CC=C(CO)C12. The molecule has 1 aliphatic heterocycles. The molecule has 0 fully saturated rings. The standard InChI is InChI=1S/C18H20O5/c1-21-18-16-13(9-19)7-8-14(16)15(11-23-18)17(20)22-10-12-5-3-2-4-6-12/h2-7,11,14,16,18-19H,8-10H2,1H3. The molecule has 0 radical (unpaired) electrons. The number of allylic oxidation sites excluding steroid dienone is 1. The Balaban J connectivity index is 1.70. The number of ether oxygens (including phenoxy) is 3. The molecule has 1 aromatic rings. The summed E-state index contributed by atoms with van der Waals surface area (Å²) in [6.07, 6.45) is 3.59. The smallest absolute Gasteiger partial charge is 0.337 e. The molecule has 3 rings (SSSR count). The predicted octanol–water partition coefficient (Wildman–Crippen LogP) is 2.17. The molecule has 0 bridgehead atoms. The second-order valence-electron chi connectivity index (χ2n) is 5.68. The number of esters is 1. The zero-order valence-electron chi connectivity index (χ0n) is 13.0. The lowest BCUT2D eigenvalue weighted by atomic mass is 9.83. The molecular formula is C18H20O5. The third-order valence-corrected chi connectivity index (χ3v) is 4.38. The van der Waals surface area contributed by atoms with Crippen molar-refractivity contribution in [3.8, 4) is 0 Å². The van der Waals surface area contributed by atoms with Crippen LogP contribution in [-0.4, -0.2) is 31.1 Å². The Kier molecular flexibility index (Phi) is 4.79. The maximum atomic E-state index is 12.4. The van der Waals surface area contributed by atoms with Crippen LogP contribution in [0.25, 0.3) is 0 Å². The Morgan fingerprint density at radius 2 is 2.13 bits per heavy atom. The van der Waals surface area contributed by atoms with Gasteiger partial charge in [0.05, 0.1) is 24.4 Å². The lowest BCUT2D eigenvalue weighted by Crippen LogP contribution is -2.37. The number of aliphatic hydroxyl groups is 1. The van der Waals surface area contributed by atoms with Crippen molar-refractivity contribution in [2.45, 2.75) is 19.3 Å². The van der Waals surface area contributed by atoms with Crippen LogP contribution in [0, 0.1) is 11.8 Å². The minimum atomic E-state index is -0.480. The van der Waals surface area contributed by atoms with Gasteiger partial charge in [-0.25, -0.2) is 4.79 Å². The summed E-state index contributed by atoms with van der Waals surface area (Å²) in [6, 6.07) is 9.53. The van der Waals surface area contributed by atoms with E-state index in [4.69, 9.17) is 14.2 Å². The second-order valence-corrected chi connectivity index (χ2v) is 5.68. The van der Waals surface area contributed by atoms with Gasteiger partial charge in [-0.2, -0.15) is 0 Å². The Labute approximate surface area is 135 Å². The molecule has 1 heterocycles. The molecule has 23 heavy (non-hydrogen) atoms. The first-order valence-electron chi connectivity index (χ1n) is 7.63. The number of benzene rings is 1. The Morgan fingerprint density at radius 3 is 2.83 bits per heavy atom. The van der Waals surface area contributed by atoms with E-state index in [2.05, 4.69) is 0 Å². The van der Waals surface area contributed by atoms with Gasteiger partial charge in [-0.1, -0.05) is 36.4 Å². The highest BCUT2D eigenvalue weighted by Gasteiger charge is 2.44. The summed E-state index contributed by atoms with van der Waals surface area (Å²) in [4.78, 5) is 12.4. The summed E-state index contributed by atoms with van der Waals surface area (Å²) in [7, 11) is 1.56. The number of hydrogen-bond donors (Lipinski definition) is 1. The summed E-state index contributed by atoms with van der Waals surface area (Å²) >= 11 is 0. The third kappa shape index (κ3) is 3.16. The number of methoxy groups -OCH3 is 1. The summed E-state index contributed by atoms with van der Waals surface area (Å²) in [5, 5.41) is 9.48. The average molecular weight is 316 g/mol. The zero-order valence-corrected chi connectivity index (χ0v) is 13.0. The Bertz CT molecular complexity index is 620. The van der Waals surface area contributed by atoms with Gasteiger partial charge in [-0.3, -0.25) is 0 Å². The highest BCUT2D eigenvalue weighted by atomic mass is 16.7. The van der Waals surface area contributed by atoms with E-state index in [1.165, 1.54) is 6.26 Å². The topological polar surface area (TPSA) is 65.0 Å². The first-order valence-corrected chi connectivity index (χ1v) is 7.63. The predicted molar refractivity (Wildman–Crippen MR) is 83.0 cm³/mol. The van der Waals surface area contributed by atoms with Gasteiger partial charge < -0.3 is 19.3 Å². The Morgan fingerprint density at radius 1 is 1.35 bits per heavy atom. The molecule has 1 aromatic carbocycles. The van der Waals surface area contributed by atoms with Crippen LogP contribution in [0.15, 0.2) is 53.8 Å². The molecule has 1 N–H and O–H groups in total. The second kappa shape index (κ2) is 6.98. The number of fused-ring (bicyclic) bond motifs is 1. The molecule has 5 heteroatoms. The highest BCUT2D eigenvalue weighted by molar-refractivity contribution is 5.89. The molecule has 0 amide bonds. The van der Waals surface area contributed by atoms with Crippen LogP contribution < -0.4 is 0 Å². The third-order valence-electron chi connectivity index (χ3n) is 4.38. The van der Waals surface area contributed by atoms with E-state index in [1.807, 2.05) is 36.4 Å². The lowest BCUT2D eigenvalue weighted by molar-refractivity contribution is -0.149. The van der Waals surface area contributed by atoms with Gasteiger partial charge in [0.1, 0.15) is 6.61 Å². The monoisotopic (exact) mass is 316 g/mol. The van der Waals surface area contributed by atoms with E-state index in [0.29, 0.717) is 12.0 Å². The molecule has 0 saturated carbocycles. The number of hydrogen-bond acceptors (Lipinski definition) is 5. The molecule has 1 aliphatic carbocycles. The van der Waals surface area contributed by atoms with Crippen LogP contribution in [0.3, 0.4) is 0 Å². The summed E-state index contributed by atoms with van der Waals surface area (Å²) in [6.45, 7) is 0.166. The van der Waals surface area contributed by atoms with E-state index in [9.17, 15) is 9.90 Å². The minimum absolute atomic E-state index is 0.0588. The van der Waals surface area contributed by atoms with Gasteiger partial charge in [0.2, 0.25) is 6.29 Å². The van der Waals surface area contributed by atoms with Gasteiger partial charge in [-0.05, 0) is 17.6 Å². The minimum Gasteiger partial charge on any atom is -0.471 e. The average Bonchev–Trinajstić information content (AvgIpc) is 3.04. The van der Waals surface area contributed by atoms with Crippen molar-refractivity contribution in [3.05, 3.63) is 59.4 Å². The summed E-state index contributed by atoms with van der Waals surface area (Å²) < 4.78 is 16.2. The fraction of sp³-hybridized carbons (Fsp3) is 0.389. The summed E-state index contributed by atoms with van der Waals surface area (Å²) in [5.41, 5.74) is 2.28. The summed E-state index contributed by atoms with van der Waals surface area (Å²) in [5.74, 6) is -0.598. The fourth-order valence-electron chi connectivity index (χ4n) is 3.19. The van der Waals surface area contributed by atoms with Crippen LogP contribution in [-0.2, 0) is 25.6 Å². The van der Waals surface area contributed by atoms with Crippen molar-refractivity contribution < 1.29 is 24.1 Å². The molecule has 2 aliphatic rings. The molecule has 5 nitrogen and oxygen atoms in total. The highest BCUT2D eigenvalue weighted by Crippen LogP contribution is 2.43. The Hall–Kier alpha value is -2.11. The van der Waals surface area contributed by atoms with Gasteiger partial charge >= 0.3 is 5.97 Å². The van der Waals surface area contributed by atoms with Crippen molar-refractivity contribution in [3.63, 3.8) is 0 Å². The van der Waals surface area contributed by atoms with E-state index >= 15 is 0 Å². The zero-order chi connectivity index (χ0) is 16.2. The normalized spacial score (nSPS) is 25.9. The maximum absolute atomic E-state index is 12.4.